The van der Waals surface area contributed by atoms with Gasteiger partial charge in [0.2, 0.25) is 0 Å². The zero-order valence-electron chi connectivity index (χ0n) is 9.27. The highest BCUT2D eigenvalue weighted by Crippen LogP contribution is 2.14. The number of halogens is 1. The van der Waals surface area contributed by atoms with Gasteiger partial charge in [-0.05, 0) is 25.1 Å². The van der Waals surface area contributed by atoms with Gasteiger partial charge in [-0.2, -0.15) is 0 Å². The molecule has 0 spiro atoms. The summed E-state index contributed by atoms with van der Waals surface area (Å²) in [5.74, 6) is -0.845. The van der Waals surface area contributed by atoms with Crippen molar-refractivity contribution in [2.75, 3.05) is 19.4 Å². The van der Waals surface area contributed by atoms with E-state index in [-0.39, 0.29) is 24.2 Å². The standard InChI is InChI=1S/C11H15FN2O2/c1-7(6-15)14(2)11(16)8-3-4-9(12)10(13)5-8/h3-5,7,15H,6,13H2,1-2H3. The molecule has 1 rings (SSSR count). The maximum atomic E-state index is 12.9. The quantitative estimate of drug-likeness (QED) is 0.751. The lowest BCUT2D eigenvalue weighted by atomic mass is 10.1. The highest BCUT2D eigenvalue weighted by Gasteiger charge is 2.17. The van der Waals surface area contributed by atoms with E-state index in [1.165, 1.54) is 17.0 Å². The van der Waals surface area contributed by atoms with Crippen molar-refractivity contribution in [3.8, 4) is 0 Å². The molecule has 4 nitrogen and oxygen atoms in total. The number of nitrogens with two attached hydrogens (primary N) is 1. The van der Waals surface area contributed by atoms with Gasteiger partial charge >= 0.3 is 0 Å². The number of likely N-dealkylation sites (N-methyl/N-ethyl adjacent to an activating group) is 1. The van der Waals surface area contributed by atoms with E-state index in [2.05, 4.69) is 0 Å². The number of carbonyl (C=O) groups excluding carboxylic acids is 1. The Labute approximate surface area is 93.5 Å². The minimum absolute atomic E-state index is 0.0594. The predicted molar refractivity (Wildman–Crippen MR) is 59.5 cm³/mol. The molecule has 0 fully saturated rings. The van der Waals surface area contributed by atoms with Crippen LogP contribution in [0, 0.1) is 5.82 Å². The zero-order valence-corrected chi connectivity index (χ0v) is 9.27. The highest BCUT2D eigenvalue weighted by atomic mass is 19.1. The number of amides is 1. The maximum Gasteiger partial charge on any atom is 0.253 e. The van der Waals surface area contributed by atoms with Crippen LogP contribution in [0.5, 0.6) is 0 Å². The number of hydrogen-bond donors (Lipinski definition) is 2. The SMILES string of the molecule is CC(CO)N(C)C(=O)c1ccc(F)c(N)c1. The fourth-order valence-corrected chi connectivity index (χ4v) is 1.20. The van der Waals surface area contributed by atoms with Crippen LogP contribution in [0.3, 0.4) is 0 Å². The minimum atomic E-state index is -0.547. The molecular formula is C11H15FN2O2. The van der Waals surface area contributed by atoms with Crippen LogP contribution in [-0.4, -0.2) is 35.6 Å². The molecule has 5 heteroatoms. The van der Waals surface area contributed by atoms with Gasteiger partial charge in [0.15, 0.2) is 0 Å². The number of carbonyl (C=O) groups is 1. The maximum absolute atomic E-state index is 12.9. The number of benzene rings is 1. The van der Waals surface area contributed by atoms with E-state index in [0.29, 0.717) is 5.56 Å². The van der Waals surface area contributed by atoms with Gasteiger partial charge in [-0.3, -0.25) is 4.79 Å². The van der Waals surface area contributed by atoms with Gasteiger partial charge in [0.05, 0.1) is 18.3 Å². The van der Waals surface area contributed by atoms with Crippen molar-refractivity contribution in [1.29, 1.82) is 0 Å². The summed E-state index contributed by atoms with van der Waals surface area (Å²) in [6.07, 6.45) is 0. The average molecular weight is 226 g/mol. The Morgan fingerprint density at radius 3 is 2.75 bits per heavy atom. The van der Waals surface area contributed by atoms with Gasteiger partial charge in [-0.25, -0.2) is 4.39 Å². The van der Waals surface area contributed by atoms with E-state index in [0.717, 1.165) is 6.07 Å². The van der Waals surface area contributed by atoms with Crippen molar-refractivity contribution in [3.63, 3.8) is 0 Å². The summed E-state index contributed by atoms with van der Waals surface area (Å²) < 4.78 is 12.9. The van der Waals surface area contributed by atoms with Crippen molar-refractivity contribution in [1.82, 2.24) is 4.90 Å². The van der Waals surface area contributed by atoms with Crippen LogP contribution in [0.1, 0.15) is 17.3 Å². The Balaban J connectivity index is 2.92. The Kier molecular flexibility index (Phi) is 3.84. The average Bonchev–Trinajstić information content (AvgIpc) is 2.29. The fraction of sp³-hybridized carbons (Fsp3) is 0.364. The Hall–Kier alpha value is -1.62. The van der Waals surface area contributed by atoms with Gasteiger partial charge in [0.25, 0.3) is 5.91 Å². The largest absolute Gasteiger partial charge is 0.396 e. The smallest absolute Gasteiger partial charge is 0.253 e. The summed E-state index contributed by atoms with van der Waals surface area (Å²) in [7, 11) is 1.57. The van der Waals surface area contributed by atoms with Crippen molar-refractivity contribution in [3.05, 3.63) is 29.6 Å². The van der Waals surface area contributed by atoms with E-state index in [1.807, 2.05) is 0 Å². The van der Waals surface area contributed by atoms with Crippen LogP contribution in [0.15, 0.2) is 18.2 Å². The number of nitrogen functional groups attached to an aromatic ring is 1. The number of nitrogens with zero attached hydrogens (tertiary/aromatic N) is 1. The van der Waals surface area contributed by atoms with E-state index < -0.39 is 5.82 Å². The van der Waals surface area contributed by atoms with Crippen molar-refractivity contribution >= 4 is 11.6 Å². The Bertz CT molecular complexity index is 396. The molecule has 0 saturated heterocycles. The normalized spacial score (nSPS) is 12.2. The Morgan fingerprint density at radius 1 is 1.62 bits per heavy atom. The number of rotatable bonds is 3. The predicted octanol–water partition coefficient (Wildman–Crippen LogP) is 0.861. The topological polar surface area (TPSA) is 66.6 Å². The lowest BCUT2D eigenvalue weighted by molar-refractivity contribution is 0.0682. The van der Waals surface area contributed by atoms with Gasteiger partial charge < -0.3 is 15.7 Å². The number of aliphatic hydroxyl groups is 1. The summed E-state index contributed by atoms with van der Waals surface area (Å²) in [6.45, 7) is 1.59. The first-order valence-corrected chi connectivity index (χ1v) is 4.90. The molecule has 0 saturated carbocycles. The van der Waals surface area contributed by atoms with Crippen molar-refractivity contribution in [2.45, 2.75) is 13.0 Å². The second-order valence-corrected chi connectivity index (χ2v) is 3.68. The minimum Gasteiger partial charge on any atom is -0.396 e. The van der Waals surface area contributed by atoms with E-state index in [1.54, 1.807) is 14.0 Å². The molecule has 3 N–H and O–H groups in total. The first-order chi connectivity index (χ1) is 7.47. The van der Waals surface area contributed by atoms with Gasteiger partial charge in [0.1, 0.15) is 5.82 Å². The first kappa shape index (κ1) is 12.4. The second kappa shape index (κ2) is 4.94. The first-order valence-electron chi connectivity index (χ1n) is 4.90. The van der Waals surface area contributed by atoms with Crippen LogP contribution in [0.2, 0.25) is 0 Å². The summed E-state index contributed by atoms with van der Waals surface area (Å²) in [6, 6.07) is 3.52. The molecule has 1 aromatic carbocycles. The molecule has 0 bridgehead atoms. The molecule has 1 amide bonds. The monoisotopic (exact) mass is 226 g/mol. The van der Waals surface area contributed by atoms with Gasteiger partial charge in [-0.15, -0.1) is 0 Å². The van der Waals surface area contributed by atoms with E-state index in [9.17, 15) is 9.18 Å². The summed E-state index contributed by atoms with van der Waals surface area (Å²) in [5, 5.41) is 8.92. The molecule has 1 unspecified atom stereocenters. The lowest BCUT2D eigenvalue weighted by Crippen LogP contribution is -2.37. The molecular weight excluding hydrogens is 211 g/mol. The van der Waals surface area contributed by atoms with Crippen molar-refractivity contribution in [2.24, 2.45) is 0 Å². The van der Waals surface area contributed by atoms with E-state index >= 15 is 0 Å². The molecule has 0 radical (unpaired) electrons. The van der Waals surface area contributed by atoms with Crippen molar-refractivity contribution < 1.29 is 14.3 Å². The molecule has 0 aliphatic carbocycles. The molecule has 0 heterocycles. The van der Waals surface area contributed by atoms with Crippen LogP contribution < -0.4 is 5.73 Å². The second-order valence-electron chi connectivity index (χ2n) is 3.68. The Morgan fingerprint density at radius 2 is 2.25 bits per heavy atom. The molecule has 0 aliphatic heterocycles. The lowest BCUT2D eigenvalue weighted by Gasteiger charge is -2.23. The van der Waals surface area contributed by atoms with Crippen LogP contribution in [0.25, 0.3) is 0 Å². The summed E-state index contributed by atoms with van der Waals surface area (Å²) in [4.78, 5) is 13.2. The molecule has 1 atom stereocenters. The third kappa shape index (κ3) is 2.49. The number of hydrogen-bond acceptors (Lipinski definition) is 3. The van der Waals surface area contributed by atoms with E-state index in [4.69, 9.17) is 10.8 Å². The molecule has 0 aromatic heterocycles. The number of anilines is 1. The number of aliphatic hydroxyl groups excluding tert-OH is 1. The van der Waals surface area contributed by atoms with Gasteiger partial charge in [-0.1, -0.05) is 0 Å². The fourth-order valence-electron chi connectivity index (χ4n) is 1.20. The van der Waals surface area contributed by atoms with Crippen LogP contribution in [0.4, 0.5) is 10.1 Å². The molecule has 0 aliphatic rings. The highest BCUT2D eigenvalue weighted by molar-refractivity contribution is 5.95. The third-order valence-electron chi connectivity index (χ3n) is 2.49. The zero-order chi connectivity index (χ0) is 12.3. The molecule has 16 heavy (non-hydrogen) atoms. The molecule has 88 valence electrons. The van der Waals surface area contributed by atoms with Crippen LogP contribution >= 0.6 is 0 Å². The summed E-state index contributed by atoms with van der Waals surface area (Å²) in [5.41, 5.74) is 5.62. The molecule has 1 aromatic rings. The van der Waals surface area contributed by atoms with Gasteiger partial charge in [0, 0.05) is 12.6 Å². The third-order valence-corrected chi connectivity index (χ3v) is 2.49. The van der Waals surface area contributed by atoms with Crippen LogP contribution in [-0.2, 0) is 0 Å². The summed E-state index contributed by atoms with van der Waals surface area (Å²) >= 11 is 0.